The summed E-state index contributed by atoms with van der Waals surface area (Å²) in [6.45, 7) is 2.19. The monoisotopic (exact) mass is 496 g/mol. The number of carbonyl (C=O) groups is 3. The predicted octanol–water partition coefficient (Wildman–Crippen LogP) is 2.57. The van der Waals surface area contributed by atoms with Gasteiger partial charge in [-0.3, -0.25) is 14.4 Å². The van der Waals surface area contributed by atoms with Crippen LogP contribution in [0, 0.1) is 5.41 Å². The largest absolute Gasteiger partial charge is 0.358 e. The van der Waals surface area contributed by atoms with Crippen molar-refractivity contribution in [2.45, 2.75) is 102 Å². The van der Waals surface area contributed by atoms with Gasteiger partial charge in [0.2, 0.25) is 17.7 Å². The first-order valence-corrected chi connectivity index (χ1v) is 13.7. The van der Waals surface area contributed by atoms with Crippen LogP contribution in [-0.4, -0.2) is 60.6 Å². The zero-order valence-corrected chi connectivity index (χ0v) is 21.6. The highest BCUT2D eigenvalue weighted by Gasteiger charge is 2.57. The molecule has 1 aromatic carbocycles. The Balaban J connectivity index is 1.35. The maximum Gasteiger partial charge on any atom is 0.247 e. The van der Waals surface area contributed by atoms with E-state index in [9.17, 15) is 14.4 Å². The number of nitrogens with one attached hydrogen (secondary N) is 3. The van der Waals surface area contributed by atoms with Crippen LogP contribution in [0.25, 0.3) is 0 Å². The van der Waals surface area contributed by atoms with Crippen LogP contribution in [-0.2, 0) is 25.5 Å². The Morgan fingerprint density at radius 1 is 1.11 bits per heavy atom. The summed E-state index contributed by atoms with van der Waals surface area (Å²) in [4.78, 5) is 41.8. The van der Waals surface area contributed by atoms with Crippen LogP contribution < -0.4 is 16.0 Å². The van der Waals surface area contributed by atoms with Gasteiger partial charge in [-0.25, -0.2) is 0 Å². The average Bonchev–Trinajstić information content (AvgIpc) is 3.43. The van der Waals surface area contributed by atoms with Crippen LogP contribution >= 0.6 is 0 Å². The van der Waals surface area contributed by atoms with Crippen molar-refractivity contribution >= 4 is 17.7 Å². The summed E-state index contributed by atoms with van der Waals surface area (Å²) < 4.78 is 6.20. The zero-order chi connectivity index (χ0) is 25.3. The van der Waals surface area contributed by atoms with Crippen molar-refractivity contribution in [1.29, 1.82) is 0 Å². The summed E-state index contributed by atoms with van der Waals surface area (Å²) in [6, 6.07) is 7.15. The quantitative estimate of drug-likeness (QED) is 0.562. The Morgan fingerprint density at radius 3 is 2.67 bits per heavy atom. The molecule has 3 amide bonds. The van der Waals surface area contributed by atoms with Gasteiger partial charge in [0.15, 0.2) is 0 Å². The molecule has 0 aromatic heterocycles. The van der Waals surface area contributed by atoms with Crippen molar-refractivity contribution in [2.24, 2.45) is 5.41 Å². The number of hydrogen-bond donors (Lipinski definition) is 3. The number of rotatable bonds is 6. The van der Waals surface area contributed by atoms with Crippen LogP contribution in [0.5, 0.6) is 0 Å². The van der Waals surface area contributed by atoms with E-state index in [-0.39, 0.29) is 47.9 Å². The lowest BCUT2D eigenvalue weighted by Crippen LogP contribution is -2.55. The first-order valence-electron chi connectivity index (χ1n) is 13.7. The highest BCUT2D eigenvalue weighted by molar-refractivity contribution is 5.90. The third-order valence-electron chi connectivity index (χ3n) is 9.03. The second-order valence-electron chi connectivity index (χ2n) is 11.1. The molecule has 0 radical (unpaired) electrons. The lowest BCUT2D eigenvalue weighted by Gasteiger charge is -2.36. The van der Waals surface area contributed by atoms with Crippen LogP contribution in [0.3, 0.4) is 0 Å². The Bertz CT molecular complexity index is 992. The summed E-state index contributed by atoms with van der Waals surface area (Å²) in [7, 11) is 1.72. The van der Waals surface area contributed by atoms with E-state index in [1.54, 1.807) is 14.0 Å². The lowest BCUT2D eigenvalue weighted by molar-refractivity contribution is -0.145. The topological polar surface area (TPSA) is 99.8 Å². The van der Waals surface area contributed by atoms with E-state index >= 15 is 0 Å². The van der Waals surface area contributed by atoms with Crippen molar-refractivity contribution < 1.29 is 19.1 Å². The molecule has 1 unspecified atom stereocenters. The summed E-state index contributed by atoms with van der Waals surface area (Å²) in [5.74, 6) is -0.317. The van der Waals surface area contributed by atoms with Gasteiger partial charge in [0.1, 0.15) is 12.3 Å². The first-order chi connectivity index (χ1) is 17.4. The molecular weight excluding hydrogens is 456 g/mol. The van der Waals surface area contributed by atoms with Gasteiger partial charge in [0.25, 0.3) is 0 Å². The summed E-state index contributed by atoms with van der Waals surface area (Å²) in [6.07, 6.45) is 8.46. The van der Waals surface area contributed by atoms with E-state index in [4.69, 9.17) is 4.74 Å². The molecule has 1 aromatic rings. The first kappa shape index (κ1) is 25.2. The maximum atomic E-state index is 13.8. The van der Waals surface area contributed by atoms with Gasteiger partial charge in [-0.2, -0.15) is 0 Å². The zero-order valence-electron chi connectivity index (χ0n) is 21.6. The molecule has 2 aliphatic carbocycles. The number of amides is 3. The summed E-state index contributed by atoms with van der Waals surface area (Å²) in [5, 5.41) is 9.16. The van der Waals surface area contributed by atoms with Gasteiger partial charge >= 0.3 is 0 Å². The Hall–Kier alpha value is -2.45. The van der Waals surface area contributed by atoms with Gasteiger partial charge in [-0.15, -0.1) is 0 Å². The second kappa shape index (κ2) is 10.5. The summed E-state index contributed by atoms with van der Waals surface area (Å²) in [5.41, 5.74) is 2.44. The minimum Gasteiger partial charge on any atom is -0.358 e. The van der Waals surface area contributed by atoms with Crippen molar-refractivity contribution in [3.8, 4) is 0 Å². The van der Waals surface area contributed by atoms with Crippen LogP contribution in [0.15, 0.2) is 24.3 Å². The van der Waals surface area contributed by atoms with E-state index in [1.165, 1.54) is 11.1 Å². The van der Waals surface area contributed by atoms with Crippen LogP contribution in [0.2, 0.25) is 0 Å². The van der Waals surface area contributed by atoms with Gasteiger partial charge in [-0.05, 0) is 62.6 Å². The smallest absolute Gasteiger partial charge is 0.247 e. The number of nitrogens with zero attached hydrogens (tertiary/aromatic N) is 1. The molecule has 5 rings (SSSR count). The third-order valence-corrected chi connectivity index (χ3v) is 9.03. The summed E-state index contributed by atoms with van der Waals surface area (Å²) >= 11 is 0. The molecule has 0 bridgehead atoms. The van der Waals surface area contributed by atoms with E-state index in [2.05, 4.69) is 34.1 Å². The minimum atomic E-state index is -0.634. The predicted molar refractivity (Wildman–Crippen MR) is 136 cm³/mol. The van der Waals surface area contributed by atoms with Crippen LogP contribution in [0.1, 0.15) is 81.9 Å². The fraction of sp³-hybridized carbons (Fsp3) is 0.679. The van der Waals surface area contributed by atoms with E-state index in [0.717, 1.165) is 51.4 Å². The lowest BCUT2D eigenvalue weighted by atomic mass is 9.76. The molecule has 8 nitrogen and oxygen atoms in total. The molecular formula is C28H40N4O4. The Labute approximate surface area is 213 Å². The van der Waals surface area contributed by atoms with Gasteiger partial charge in [0, 0.05) is 25.3 Å². The van der Waals surface area contributed by atoms with Crippen molar-refractivity contribution in [2.75, 3.05) is 13.7 Å². The fourth-order valence-corrected chi connectivity index (χ4v) is 6.96. The number of likely N-dealkylation sites (N-methyl/N-ethyl adjacent to an activating group) is 1. The molecule has 3 fully saturated rings. The molecule has 2 aliphatic heterocycles. The molecule has 2 saturated heterocycles. The fourth-order valence-electron chi connectivity index (χ4n) is 6.96. The molecule has 196 valence electrons. The van der Waals surface area contributed by atoms with E-state index in [1.807, 2.05) is 11.0 Å². The van der Waals surface area contributed by atoms with Gasteiger partial charge in [-0.1, -0.05) is 37.1 Å². The maximum absolute atomic E-state index is 13.8. The molecule has 36 heavy (non-hydrogen) atoms. The minimum absolute atomic E-state index is 0.00457. The average molecular weight is 497 g/mol. The van der Waals surface area contributed by atoms with E-state index in [0.29, 0.717) is 13.0 Å². The SMILES string of the molecule is CN[C@@H](C)C(=O)N[C@H]1CCO[C@H]2CC3(CCCC3)C(CC(=O)N[C@@H]3CCCc4ccccc43)N2C1=O. The molecule has 3 N–H and O–H groups in total. The number of fused-ring (bicyclic) bond motifs is 2. The van der Waals surface area contributed by atoms with Crippen molar-refractivity contribution in [1.82, 2.24) is 20.9 Å². The second-order valence-corrected chi connectivity index (χ2v) is 11.1. The molecule has 8 heteroatoms. The van der Waals surface area contributed by atoms with Gasteiger partial charge in [0.05, 0.1) is 18.7 Å². The van der Waals surface area contributed by atoms with Crippen LogP contribution in [0.4, 0.5) is 0 Å². The molecule has 4 aliphatic rings. The number of ether oxygens (including phenoxy) is 1. The highest BCUT2D eigenvalue weighted by atomic mass is 16.5. The Morgan fingerprint density at radius 2 is 1.89 bits per heavy atom. The normalized spacial score (nSPS) is 29.8. The van der Waals surface area contributed by atoms with Crippen molar-refractivity contribution in [3.63, 3.8) is 0 Å². The number of benzene rings is 1. The molecule has 1 spiro atoms. The third kappa shape index (κ3) is 4.77. The molecule has 1 saturated carbocycles. The number of carbonyl (C=O) groups excluding carboxylic acids is 3. The number of hydrogen-bond acceptors (Lipinski definition) is 5. The Kier molecular flexibility index (Phi) is 7.35. The molecule has 2 heterocycles. The van der Waals surface area contributed by atoms with Gasteiger partial charge < -0.3 is 25.6 Å². The van der Waals surface area contributed by atoms with Crippen molar-refractivity contribution in [3.05, 3.63) is 35.4 Å². The number of aryl methyl sites for hydroxylation is 1. The standard InChI is InChI=1S/C28H40N4O4/c1-18(29-2)26(34)31-22-12-15-36-25-17-28(13-5-6-14-28)23(32(25)27(22)35)16-24(33)30-21-11-7-9-19-8-3-4-10-20(19)21/h3-4,8,10,18,21-23,25,29H,5-7,9,11-17H2,1-2H3,(H,30,33)(H,31,34)/t18-,21+,22-,23?,25-/m0/s1. The highest BCUT2D eigenvalue weighted by Crippen LogP contribution is 2.54. The molecule has 5 atom stereocenters. The van der Waals surface area contributed by atoms with E-state index < -0.39 is 12.1 Å².